The molecule has 5 atom stereocenters. The highest BCUT2D eigenvalue weighted by atomic mass is 14.7. The molecule has 18 heavy (non-hydrogen) atoms. The van der Waals surface area contributed by atoms with Crippen LogP contribution in [0.25, 0.3) is 0 Å². The molecule has 0 nitrogen and oxygen atoms in total. The summed E-state index contributed by atoms with van der Waals surface area (Å²) in [6.45, 7) is 9.74. The average Bonchev–Trinajstić information content (AvgIpc) is 2.36. The quantitative estimate of drug-likeness (QED) is 0.460. The minimum absolute atomic E-state index is 0.782. The third-order valence-electron chi connectivity index (χ3n) is 6.55. The second kappa shape index (κ2) is 5.97. The molecule has 0 radical (unpaired) electrons. The van der Waals surface area contributed by atoms with Crippen molar-refractivity contribution in [3.8, 4) is 0 Å². The maximum Gasteiger partial charge on any atom is -0.0241 e. The first-order chi connectivity index (χ1) is 8.62. The van der Waals surface area contributed by atoms with Crippen LogP contribution in [0.5, 0.6) is 0 Å². The van der Waals surface area contributed by atoms with Crippen molar-refractivity contribution in [3.63, 3.8) is 0 Å². The van der Waals surface area contributed by atoms with Gasteiger partial charge in [0, 0.05) is 0 Å². The van der Waals surface area contributed by atoms with Crippen molar-refractivity contribution in [2.24, 2.45) is 29.1 Å². The van der Waals surface area contributed by atoms with Crippen LogP contribution in [0.4, 0.5) is 0 Å². The third kappa shape index (κ3) is 2.49. The van der Waals surface area contributed by atoms with Crippen LogP contribution in [0.1, 0.15) is 85.5 Å². The Morgan fingerprint density at radius 1 is 1.06 bits per heavy atom. The van der Waals surface area contributed by atoms with Crippen LogP contribution in [0.2, 0.25) is 0 Å². The summed E-state index contributed by atoms with van der Waals surface area (Å²) in [4.78, 5) is 0. The molecular formula is C18H34. The van der Waals surface area contributed by atoms with Crippen LogP contribution in [-0.2, 0) is 0 Å². The molecule has 0 N–H and O–H groups in total. The molecule has 0 aromatic heterocycles. The molecule has 2 rings (SSSR count). The van der Waals surface area contributed by atoms with Crippen molar-refractivity contribution in [2.75, 3.05) is 0 Å². The van der Waals surface area contributed by atoms with E-state index < -0.39 is 0 Å². The van der Waals surface area contributed by atoms with Crippen LogP contribution in [-0.4, -0.2) is 0 Å². The topological polar surface area (TPSA) is 0 Å². The zero-order chi connectivity index (χ0) is 13.2. The van der Waals surface area contributed by atoms with Gasteiger partial charge in [-0.15, -0.1) is 0 Å². The summed E-state index contributed by atoms with van der Waals surface area (Å²) >= 11 is 0. The van der Waals surface area contributed by atoms with Crippen LogP contribution >= 0.6 is 0 Å². The van der Waals surface area contributed by atoms with Gasteiger partial charge in [-0.3, -0.25) is 0 Å². The molecule has 0 aromatic carbocycles. The summed E-state index contributed by atoms with van der Waals surface area (Å²) in [7, 11) is 0. The van der Waals surface area contributed by atoms with Gasteiger partial charge in [-0.2, -0.15) is 0 Å². The highest BCUT2D eigenvalue weighted by Gasteiger charge is 2.61. The number of hydrogen-bond donors (Lipinski definition) is 0. The predicted molar refractivity (Wildman–Crippen MR) is 80.6 cm³/mol. The lowest BCUT2D eigenvalue weighted by Gasteiger charge is -2.68. The standard InChI is InChI=1S/C18H34/c1-5-9-14(3)10-7-8-11-16-13-17-12-15(6-2)18(16,17)4/h14-17H,5-13H2,1-4H3. The summed E-state index contributed by atoms with van der Waals surface area (Å²) in [5.41, 5.74) is 0.782. The molecule has 0 heteroatoms. The minimum atomic E-state index is 0.782. The minimum Gasteiger partial charge on any atom is -0.0654 e. The maximum atomic E-state index is 2.60. The molecule has 2 saturated carbocycles. The normalized spacial score (nSPS) is 39.7. The molecule has 0 amide bonds. The molecule has 2 aliphatic carbocycles. The lowest BCUT2D eigenvalue weighted by molar-refractivity contribution is -0.188. The molecule has 0 aromatic rings. The monoisotopic (exact) mass is 250 g/mol. The second-order valence-corrected chi connectivity index (χ2v) is 7.51. The summed E-state index contributed by atoms with van der Waals surface area (Å²) in [5, 5.41) is 0. The van der Waals surface area contributed by atoms with Gasteiger partial charge in [0.1, 0.15) is 0 Å². The third-order valence-corrected chi connectivity index (χ3v) is 6.55. The van der Waals surface area contributed by atoms with Gasteiger partial charge in [-0.1, -0.05) is 66.2 Å². The highest BCUT2D eigenvalue weighted by Crippen LogP contribution is 2.69. The fourth-order valence-corrected chi connectivity index (χ4v) is 5.03. The zero-order valence-corrected chi connectivity index (χ0v) is 13.2. The molecule has 2 aliphatic rings. The van der Waals surface area contributed by atoms with Gasteiger partial charge < -0.3 is 0 Å². The molecule has 0 heterocycles. The van der Waals surface area contributed by atoms with Crippen molar-refractivity contribution in [1.29, 1.82) is 0 Å². The first kappa shape index (κ1) is 14.4. The van der Waals surface area contributed by atoms with Crippen molar-refractivity contribution in [3.05, 3.63) is 0 Å². The Bertz CT molecular complexity index is 257. The van der Waals surface area contributed by atoms with E-state index in [1.165, 1.54) is 44.9 Å². The van der Waals surface area contributed by atoms with Gasteiger partial charge in [0.15, 0.2) is 0 Å². The van der Waals surface area contributed by atoms with E-state index >= 15 is 0 Å². The van der Waals surface area contributed by atoms with E-state index in [0.29, 0.717) is 0 Å². The molecule has 0 saturated heterocycles. The van der Waals surface area contributed by atoms with E-state index in [4.69, 9.17) is 0 Å². The molecule has 0 spiro atoms. The average molecular weight is 250 g/mol. The Morgan fingerprint density at radius 3 is 2.39 bits per heavy atom. The maximum absolute atomic E-state index is 2.60. The Balaban J connectivity index is 1.61. The van der Waals surface area contributed by atoms with E-state index in [0.717, 1.165) is 29.1 Å². The lowest BCUT2D eigenvalue weighted by Crippen LogP contribution is -2.60. The van der Waals surface area contributed by atoms with Gasteiger partial charge in [0.25, 0.3) is 0 Å². The van der Waals surface area contributed by atoms with Gasteiger partial charge in [0.2, 0.25) is 0 Å². The molecule has 106 valence electrons. The van der Waals surface area contributed by atoms with E-state index in [1.807, 2.05) is 0 Å². The first-order valence-corrected chi connectivity index (χ1v) is 8.62. The molecule has 0 aliphatic heterocycles. The number of fused-ring (bicyclic) bond motifs is 1. The number of rotatable bonds is 8. The van der Waals surface area contributed by atoms with Gasteiger partial charge in [0.05, 0.1) is 0 Å². The van der Waals surface area contributed by atoms with Crippen LogP contribution in [0.15, 0.2) is 0 Å². The van der Waals surface area contributed by atoms with Gasteiger partial charge in [-0.25, -0.2) is 0 Å². The second-order valence-electron chi connectivity index (χ2n) is 7.51. The Hall–Kier alpha value is 0. The van der Waals surface area contributed by atoms with E-state index in [-0.39, 0.29) is 0 Å². The van der Waals surface area contributed by atoms with Crippen molar-refractivity contribution < 1.29 is 0 Å². The lowest BCUT2D eigenvalue weighted by atomic mass is 9.37. The summed E-state index contributed by atoms with van der Waals surface area (Å²) < 4.78 is 0. The Kier molecular flexibility index (Phi) is 4.78. The van der Waals surface area contributed by atoms with Crippen LogP contribution < -0.4 is 0 Å². The molecule has 5 unspecified atom stereocenters. The zero-order valence-electron chi connectivity index (χ0n) is 13.2. The predicted octanol–water partition coefficient (Wildman–Crippen LogP) is 6.06. The van der Waals surface area contributed by atoms with Crippen molar-refractivity contribution >= 4 is 0 Å². The molecule has 0 bridgehead atoms. The summed E-state index contributed by atoms with van der Waals surface area (Å²) in [6.07, 6.45) is 13.3. The fraction of sp³-hybridized carbons (Fsp3) is 1.00. The van der Waals surface area contributed by atoms with E-state index in [9.17, 15) is 0 Å². The van der Waals surface area contributed by atoms with Crippen LogP contribution in [0.3, 0.4) is 0 Å². The van der Waals surface area contributed by atoms with Crippen molar-refractivity contribution in [2.45, 2.75) is 85.5 Å². The fourth-order valence-electron chi connectivity index (χ4n) is 5.03. The Labute approximate surface area is 115 Å². The van der Waals surface area contributed by atoms with E-state index in [2.05, 4.69) is 27.7 Å². The van der Waals surface area contributed by atoms with Gasteiger partial charge in [-0.05, 0) is 48.3 Å². The highest BCUT2D eigenvalue weighted by molar-refractivity contribution is 5.10. The SMILES string of the molecule is CCCC(C)CCCCC1CC2CC(CC)C12C. The smallest absolute Gasteiger partial charge is 0.0241 e. The molecule has 2 fully saturated rings. The largest absolute Gasteiger partial charge is 0.0654 e. The van der Waals surface area contributed by atoms with Crippen molar-refractivity contribution in [1.82, 2.24) is 0 Å². The number of hydrogen-bond acceptors (Lipinski definition) is 0. The first-order valence-electron chi connectivity index (χ1n) is 8.62. The van der Waals surface area contributed by atoms with Crippen LogP contribution in [0, 0.1) is 29.1 Å². The summed E-state index contributed by atoms with van der Waals surface area (Å²) in [5.74, 6) is 4.24. The Morgan fingerprint density at radius 2 is 1.78 bits per heavy atom. The van der Waals surface area contributed by atoms with Gasteiger partial charge >= 0.3 is 0 Å². The number of unbranched alkanes of at least 4 members (excludes halogenated alkanes) is 1. The molecular weight excluding hydrogens is 216 g/mol. The summed E-state index contributed by atoms with van der Waals surface area (Å²) in [6, 6.07) is 0. The van der Waals surface area contributed by atoms with E-state index in [1.54, 1.807) is 12.8 Å².